The standard InChI is InChI=1S/C22H25NO3/c24-22(18-11-10-16-5-1-2-6-17(16)13-18)23-19-7-3-8-20(14-19)26-15-21-9-4-12-25-21/h3,7-8,10-11,13-14,21H,1-2,4-6,9,12,15H2,(H,23,24). The van der Waals surface area contributed by atoms with Gasteiger partial charge in [0.05, 0.1) is 6.10 Å². The Bertz CT molecular complexity index is 781. The third kappa shape index (κ3) is 4.07. The molecule has 1 aliphatic heterocycles. The predicted molar refractivity (Wildman–Crippen MR) is 102 cm³/mol. The van der Waals surface area contributed by atoms with Crippen molar-refractivity contribution in [2.24, 2.45) is 0 Å². The van der Waals surface area contributed by atoms with Crippen LogP contribution in [0.3, 0.4) is 0 Å². The highest BCUT2D eigenvalue weighted by Gasteiger charge is 2.16. The second-order valence-electron chi connectivity index (χ2n) is 7.12. The number of carbonyl (C=O) groups excluding carboxylic acids is 1. The van der Waals surface area contributed by atoms with Crippen LogP contribution >= 0.6 is 0 Å². The Morgan fingerprint density at radius 2 is 1.96 bits per heavy atom. The fourth-order valence-electron chi connectivity index (χ4n) is 3.71. The first-order chi connectivity index (χ1) is 12.8. The number of nitrogens with one attached hydrogen (secondary N) is 1. The van der Waals surface area contributed by atoms with Crippen molar-refractivity contribution in [3.63, 3.8) is 0 Å². The van der Waals surface area contributed by atoms with Crippen LogP contribution in [0.25, 0.3) is 0 Å². The molecule has 1 unspecified atom stereocenters. The quantitative estimate of drug-likeness (QED) is 0.870. The van der Waals surface area contributed by atoms with Gasteiger partial charge in [-0.25, -0.2) is 0 Å². The van der Waals surface area contributed by atoms with Crippen LogP contribution in [-0.2, 0) is 17.6 Å². The number of aryl methyl sites for hydroxylation is 2. The summed E-state index contributed by atoms with van der Waals surface area (Å²) < 4.78 is 11.4. The highest BCUT2D eigenvalue weighted by Crippen LogP contribution is 2.24. The molecule has 1 heterocycles. The van der Waals surface area contributed by atoms with Crippen molar-refractivity contribution in [1.82, 2.24) is 0 Å². The fraction of sp³-hybridized carbons (Fsp3) is 0.409. The summed E-state index contributed by atoms with van der Waals surface area (Å²) in [5.41, 5.74) is 4.17. The van der Waals surface area contributed by atoms with Crippen LogP contribution in [-0.4, -0.2) is 25.2 Å². The Hall–Kier alpha value is -2.33. The van der Waals surface area contributed by atoms with Crippen LogP contribution in [0.5, 0.6) is 5.75 Å². The molecule has 2 aliphatic rings. The van der Waals surface area contributed by atoms with Gasteiger partial charge in [-0.05, 0) is 73.9 Å². The zero-order valence-electron chi connectivity index (χ0n) is 15.0. The molecular formula is C22H25NO3. The maximum Gasteiger partial charge on any atom is 0.255 e. The van der Waals surface area contributed by atoms with Gasteiger partial charge < -0.3 is 14.8 Å². The van der Waals surface area contributed by atoms with E-state index in [4.69, 9.17) is 9.47 Å². The number of hydrogen-bond donors (Lipinski definition) is 1. The van der Waals surface area contributed by atoms with E-state index in [1.807, 2.05) is 36.4 Å². The average molecular weight is 351 g/mol. The lowest BCUT2D eigenvalue weighted by Crippen LogP contribution is -2.16. The number of ether oxygens (including phenoxy) is 2. The van der Waals surface area contributed by atoms with Gasteiger partial charge in [-0.15, -0.1) is 0 Å². The highest BCUT2D eigenvalue weighted by atomic mass is 16.5. The van der Waals surface area contributed by atoms with Gasteiger partial charge in [0, 0.05) is 23.9 Å². The first-order valence-corrected chi connectivity index (χ1v) is 9.55. The Morgan fingerprint density at radius 3 is 2.81 bits per heavy atom. The van der Waals surface area contributed by atoms with Crippen LogP contribution in [0.4, 0.5) is 5.69 Å². The summed E-state index contributed by atoms with van der Waals surface area (Å²) in [6.07, 6.45) is 6.99. The minimum Gasteiger partial charge on any atom is -0.491 e. The van der Waals surface area contributed by atoms with Gasteiger partial charge in [-0.1, -0.05) is 12.1 Å². The van der Waals surface area contributed by atoms with E-state index >= 15 is 0 Å². The van der Waals surface area contributed by atoms with Gasteiger partial charge in [0.15, 0.2) is 0 Å². The molecule has 1 atom stereocenters. The van der Waals surface area contributed by atoms with Crippen molar-refractivity contribution >= 4 is 11.6 Å². The first kappa shape index (κ1) is 17.1. The zero-order chi connectivity index (χ0) is 17.8. The topological polar surface area (TPSA) is 47.6 Å². The first-order valence-electron chi connectivity index (χ1n) is 9.55. The highest BCUT2D eigenvalue weighted by molar-refractivity contribution is 6.04. The number of amides is 1. The Morgan fingerprint density at radius 1 is 1.08 bits per heavy atom. The number of anilines is 1. The van der Waals surface area contributed by atoms with Crippen molar-refractivity contribution < 1.29 is 14.3 Å². The molecule has 1 N–H and O–H groups in total. The Kier molecular flexibility index (Phi) is 5.21. The summed E-state index contributed by atoms with van der Waals surface area (Å²) in [5.74, 6) is 0.679. The number of benzene rings is 2. The normalized spacial score (nSPS) is 19.0. The predicted octanol–water partition coefficient (Wildman–Crippen LogP) is 4.38. The number of hydrogen-bond acceptors (Lipinski definition) is 3. The second-order valence-corrected chi connectivity index (χ2v) is 7.12. The number of rotatable bonds is 5. The maximum absolute atomic E-state index is 12.6. The monoisotopic (exact) mass is 351 g/mol. The van der Waals surface area contributed by atoms with Crippen molar-refractivity contribution in [1.29, 1.82) is 0 Å². The maximum atomic E-state index is 12.6. The van der Waals surface area contributed by atoms with Gasteiger partial charge in [-0.3, -0.25) is 4.79 Å². The second kappa shape index (κ2) is 7.92. The molecule has 4 heteroatoms. The summed E-state index contributed by atoms with van der Waals surface area (Å²) in [5, 5.41) is 2.98. The largest absolute Gasteiger partial charge is 0.491 e. The summed E-state index contributed by atoms with van der Waals surface area (Å²) in [6.45, 7) is 1.38. The Balaban J connectivity index is 1.40. The smallest absolute Gasteiger partial charge is 0.255 e. The molecule has 2 aromatic carbocycles. The van der Waals surface area contributed by atoms with Crippen LogP contribution < -0.4 is 10.1 Å². The molecule has 0 saturated carbocycles. The fourth-order valence-corrected chi connectivity index (χ4v) is 3.71. The number of fused-ring (bicyclic) bond motifs is 1. The molecule has 26 heavy (non-hydrogen) atoms. The third-order valence-electron chi connectivity index (χ3n) is 5.16. The summed E-state index contributed by atoms with van der Waals surface area (Å²) in [6, 6.07) is 13.6. The van der Waals surface area contributed by atoms with E-state index in [9.17, 15) is 4.79 Å². The SMILES string of the molecule is O=C(Nc1cccc(OCC2CCCO2)c1)c1ccc2c(c1)CCCC2. The molecule has 1 fully saturated rings. The summed E-state index contributed by atoms with van der Waals surface area (Å²) in [7, 11) is 0. The van der Waals surface area contributed by atoms with Crippen molar-refractivity contribution in [3.8, 4) is 5.75 Å². The van der Waals surface area contributed by atoms with E-state index in [1.54, 1.807) is 0 Å². The average Bonchev–Trinajstić information content (AvgIpc) is 3.20. The van der Waals surface area contributed by atoms with E-state index < -0.39 is 0 Å². The van der Waals surface area contributed by atoms with E-state index in [-0.39, 0.29) is 12.0 Å². The lowest BCUT2D eigenvalue weighted by Gasteiger charge is -2.16. The van der Waals surface area contributed by atoms with E-state index in [1.165, 1.54) is 24.0 Å². The molecule has 136 valence electrons. The van der Waals surface area contributed by atoms with Crippen molar-refractivity contribution in [2.45, 2.75) is 44.6 Å². The van der Waals surface area contributed by atoms with Gasteiger partial charge in [0.2, 0.25) is 0 Å². The molecule has 4 rings (SSSR count). The third-order valence-corrected chi connectivity index (χ3v) is 5.16. The molecule has 0 bridgehead atoms. The lowest BCUT2D eigenvalue weighted by atomic mass is 9.90. The molecule has 2 aromatic rings. The molecule has 1 amide bonds. The van der Waals surface area contributed by atoms with Crippen LogP contribution in [0, 0.1) is 0 Å². The van der Waals surface area contributed by atoms with Gasteiger partial charge in [0.25, 0.3) is 5.91 Å². The van der Waals surface area contributed by atoms with Crippen molar-refractivity contribution in [2.75, 3.05) is 18.5 Å². The van der Waals surface area contributed by atoms with E-state index in [2.05, 4.69) is 11.4 Å². The van der Waals surface area contributed by atoms with Gasteiger partial charge >= 0.3 is 0 Å². The van der Waals surface area contributed by atoms with Gasteiger partial charge in [-0.2, -0.15) is 0 Å². The number of carbonyl (C=O) groups is 1. The molecule has 0 aromatic heterocycles. The molecule has 1 saturated heterocycles. The Labute approximate surface area is 154 Å². The molecular weight excluding hydrogens is 326 g/mol. The van der Waals surface area contributed by atoms with Crippen LogP contribution in [0.2, 0.25) is 0 Å². The molecule has 4 nitrogen and oxygen atoms in total. The summed E-state index contributed by atoms with van der Waals surface area (Å²) >= 11 is 0. The molecule has 0 spiro atoms. The van der Waals surface area contributed by atoms with E-state index in [0.717, 1.165) is 49.3 Å². The molecule has 1 aliphatic carbocycles. The minimum atomic E-state index is -0.0744. The van der Waals surface area contributed by atoms with Crippen LogP contribution in [0.15, 0.2) is 42.5 Å². The summed E-state index contributed by atoms with van der Waals surface area (Å²) in [4.78, 5) is 12.6. The zero-order valence-corrected chi connectivity index (χ0v) is 15.0. The molecule has 0 radical (unpaired) electrons. The van der Waals surface area contributed by atoms with Gasteiger partial charge in [0.1, 0.15) is 12.4 Å². The van der Waals surface area contributed by atoms with Crippen LogP contribution in [0.1, 0.15) is 47.2 Å². The lowest BCUT2D eigenvalue weighted by molar-refractivity contribution is 0.0680. The van der Waals surface area contributed by atoms with Crippen molar-refractivity contribution in [3.05, 3.63) is 59.2 Å². The van der Waals surface area contributed by atoms with E-state index in [0.29, 0.717) is 6.61 Å². The minimum absolute atomic E-state index is 0.0744.